The van der Waals surface area contributed by atoms with E-state index in [0.717, 1.165) is 17.9 Å². The number of amides is 1. The molecule has 0 unspecified atom stereocenters. The molecule has 2 aromatic rings. The summed E-state index contributed by atoms with van der Waals surface area (Å²) in [5.74, 6) is 0.853. The number of hydrogen-bond acceptors (Lipinski definition) is 4. The monoisotopic (exact) mass is 285 g/mol. The van der Waals surface area contributed by atoms with Crippen molar-refractivity contribution in [1.29, 1.82) is 0 Å². The number of aromatic nitrogens is 2. The van der Waals surface area contributed by atoms with Crippen molar-refractivity contribution in [2.45, 2.75) is 24.3 Å². The third-order valence-electron chi connectivity index (χ3n) is 3.28. The van der Waals surface area contributed by atoms with Gasteiger partial charge in [-0.1, -0.05) is 18.2 Å². The molecule has 5 heteroatoms. The Morgan fingerprint density at radius 2 is 2.15 bits per heavy atom. The number of carbonyl (C=O) groups is 1. The summed E-state index contributed by atoms with van der Waals surface area (Å²) in [4.78, 5) is 21.7. The van der Waals surface area contributed by atoms with E-state index in [0.29, 0.717) is 5.69 Å². The van der Waals surface area contributed by atoms with Gasteiger partial charge < -0.3 is 5.32 Å². The minimum absolute atomic E-state index is 0.0584. The van der Waals surface area contributed by atoms with Crippen molar-refractivity contribution in [3.63, 3.8) is 0 Å². The van der Waals surface area contributed by atoms with Gasteiger partial charge in [0.25, 0.3) is 5.91 Å². The van der Waals surface area contributed by atoms with E-state index >= 15 is 0 Å². The van der Waals surface area contributed by atoms with Crippen molar-refractivity contribution in [3.05, 3.63) is 53.6 Å². The lowest BCUT2D eigenvalue weighted by atomic mass is 10.0. The van der Waals surface area contributed by atoms with E-state index in [1.807, 2.05) is 30.8 Å². The molecule has 0 saturated heterocycles. The first kappa shape index (κ1) is 13.1. The van der Waals surface area contributed by atoms with Crippen LogP contribution in [0.2, 0.25) is 0 Å². The number of nitrogens with zero attached hydrogens (tertiary/aromatic N) is 2. The minimum Gasteiger partial charge on any atom is -0.344 e. The lowest BCUT2D eigenvalue weighted by Gasteiger charge is -2.25. The normalized spacial score (nSPS) is 17.4. The number of benzene rings is 1. The summed E-state index contributed by atoms with van der Waals surface area (Å²) in [5, 5.41) is 3.06. The number of aryl methyl sites for hydroxylation is 1. The Hall–Kier alpha value is -1.88. The molecule has 1 aromatic carbocycles. The highest BCUT2D eigenvalue weighted by Gasteiger charge is 2.22. The number of nitrogens with one attached hydrogen (secondary N) is 1. The molecule has 0 fully saturated rings. The zero-order valence-electron chi connectivity index (χ0n) is 11.2. The fraction of sp³-hybridized carbons (Fsp3) is 0.267. The fourth-order valence-electron chi connectivity index (χ4n) is 2.23. The lowest BCUT2D eigenvalue weighted by Crippen LogP contribution is -2.31. The van der Waals surface area contributed by atoms with Gasteiger partial charge in [0.1, 0.15) is 5.69 Å². The number of hydrogen-bond donors (Lipinski definition) is 1. The molecule has 102 valence electrons. The van der Waals surface area contributed by atoms with Crippen LogP contribution in [-0.4, -0.2) is 21.6 Å². The van der Waals surface area contributed by atoms with Crippen molar-refractivity contribution < 1.29 is 4.79 Å². The van der Waals surface area contributed by atoms with Gasteiger partial charge in [-0.25, -0.2) is 4.98 Å². The van der Waals surface area contributed by atoms with Gasteiger partial charge >= 0.3 is 0 Å². The Bertz CT molecular complexity index is 627. The van der Waals surface area contributed by atoms with E-state index in [1.54, 1.807) is 6.20 Å². The van der Waals surface area contributed by atoms with Crippen molar-refractivity contribution in [2.75, 3.05) is 5.75 Å². The molecule has 4 nitrogen and oxygen atoms in total. The smallest absolute Gasteiger partial charge is 0.271 e. The van der Waals surface area contributed by atoms with E-state index in [9.17, 15) is 4.79 Å². The van der Waals surface area contributed by atoms with E-state index in [4.69, 9.17) is 0 Å². The molecule has 0 bridgehead atoms. The Morgan fingerprint density at radius 3 is 2.95 bits per heavy atom. The summed E-state index contributed by atoms with van der Waals surface area (Å²) in [6, 6.07) is 8.27. The molecular weight excluding hydrogens is 270 g/mol. The molecule has 0 spiro atoms. The summed E-state index contributed by atoms with van der Waals surface area (Å²) in [7, 11) is 0. The lowest BCUT2D eigenvalue weighted by molar-refractivity contribution is 0.0929. The maximum absolute atomic E-state index is 12.2. The van der Waals surface area contributed by atoms with Crippen LogP contribution in [0.1, 0.15) is 34.2 Å². The van der Waals surface area contributed by atoms with Crippen LogP contribution >= 0.6 is 11.8 Å². The molecule has 1 atom stereocenters. The SMILES string of the molecule is Cc1cnc(C(=O)N[C@H]2CCSc3ccccc32)cn1. The highest BCUT2D eigenvalue weighted by molar-refractivity contribution is 7.99. The van der Waals surface area contributed by atoms with Crippen LogP contribution in [0.5, 0.6) is 0 Å². The van der Waals surface area contributed by atoms with Crippen molar-refractivity contribution in [2.24, 2.45) is 0 Å². The maximum Gasteiger partial charge on any atom is 0.271 e. The van der Waals surface area contributed by atoms with Gasteiger partial charge in [0, 0.05) is 16.8 Å². The summed E-state index contributed by atoms with van der Waals surface area (Å²) in [5.41, 5.74) is 2.37. The van der Waals surface area contributed by atoms with Crippen LogP contribution in [0.4, 0.5) is 0 Å². The highest BCUT2D eigenvalue weighted by atomic mass is 32.2. The second-order valence-corrected chi connectivity index (χ2v) is 5.88. The predicted molar refractivity (Wildman–Crippen MR) is 78.8 cm³/mol. The van der Waals surface area contributed by atoms with Crippen LogP contribution in [0.3, 0.4) is 0 Å². The van der Waals surface area contributed by atoms with Gasteiger partial charge in [0.05, 0.1) is 17.9 Å². The zero-order valence-corrected chi connectivity index (χ0v) is 12.0. The molecule has 1 aliphatic heterocycles. The van der Waals surface area contributed by atoms with Gasteiger partial charge in [-0.2, -0.15) is 0 Å². The molecule has 0 aliphatic carbocycles. The van der Waals surface area contributed by atoms with Gasteiger partial charge in [0.2, 0.25) is 0 Å². The highest BCUT2D eigenvalue weighted by Crippen LogP contribution is 2.35. The summed E-state index contributed by atoms with van der Waals surface area (Å²) < 4.78 is 0. The first-order chi connectivity index (χ1) is 9.74. The summed E-state index contributed by atoms with van der Waals surface area (Å²) in [6.07, 6.45) is 4.07. The van der Waals surface area contributed by atoms with Gasteiger partial charge in [-0.15, -0.1) is 11.8 Å². The number of rotatable bonds is 2. The molecule has 2 heterocycles. The van der Waals surface area contributed by atoms with Crippen LogP contribution in [0.25, 0.3) is 0 Å². The molecule has 1 N–H and O–H groups in total. The molecular formula is C15H15N3OS. The van der Waals surface area contributed by atoms with Crippen molar-refractivity contribution in [3.8, 4) is 0 Å². The zero-order chi connectivity index (χ0) is 13.9. The third kappa shape index (κ3) is 2.67. The van der Waals surface area contributed by atoms with E-state index in [1.165, 1.54) is 16.7 Å². The first-order valence-corrected chi connectivity index (χ1v) is 7.54. The average Bonchev–Trinajstić information content (AvgIpc) is 2.48. The number of thioether (sulfide) groups is 1. The van der Waals surface area contributed by atoms with Gasteiger partial charge in [0.15, 0.2) is 0 Å². The van der Waals surface area contributed by atoms with Crippen LogP contribution in [-0.2, 0) is 0 Å². The summed E-state index contributed by atoms with van der Waals surface area (Å²) in [6.45, 7) is 1.85. The fourth-order valence-corrected chi connectivity index (χ4v) is 3.36. The standard InChI is InChI=1S/C15H15N3OS/c1-10-8-17-13(9-16-10)15(19)18-12-6-7-20-14-5-3-2-4-11(12)14/h2-5,8-9,12H,6-7H2,1H3,(H,18,19)/t12-/m0/s1. The quantitative estimate of drug-likeness (QED) is 0.922. The molecule has 1 amide bonds. The largest absolute Gasteiger partial charge is 0.344 e. The molecule has 3 rings (SSSR count). The number of fused-ring (bicyclic) bond motifs is 1. The molecule has 1 aromatic heterocycles. The summed E-state index contributed by atoms with van der Waals surface area (Å²) >= 11 is 1.84. The van der Waals surface area contributed by atoms with Crippen LogP contribution in [0.15, 0.2) is 41.6 Å². The Morgan fingerprint density at radius 1 is 1.30 bits per heavy atom. The first-order valence-electron chi connectivity index (χ1n) is 6.55. The Balaban J connectivity index is 1.79. The van der Waals surface area contributed by atoms with E-state index in [-0.39, 0.29) is 11.9 Å². The molecule has 0 saturated carbocycles. The third-order valence-corrected chi connectivity index (χ3v) is 4.40. The van der Waals surface area contributed by atoms with Crippen molar-refractivity contribution >= 4 is 17.7 Å². The second-order valence-electron chi connectivity index (χ2n) is 4.74. The maximum atomic E-state index is 12.2. The average molecular weight is 285 g/mol. The van der Waals surface area contributed by atoms with Crippen molar-refractivity contribution in [1.82, 2.24) is 15.3 Å². The Labute approximate surface area is 122 Å². The molecule has 1 aliphatic rings. The van der Waals surface area contributed by atoms with Gasteiger partial charge in [-0.05, 0) is 25.0 Å². The van der Waals surface area contributed by atoms with Crippen LogP contribution in [0, 0.1) is 6.92 Å². The minimum atomic E-state index is -0.163. The van der Waals surface area contributed by atoms with Crippen LogP contribution < -0.4 is 5.32 Å². The predicted octanol–water partition coefficient (Wildman–Crippen LogP) is 2.75. The van der Waals surface area contributed by atoms with E-state index in [2.05, 4.69) is 27.4 Å². The Kier molecular flexibility index (Phi) is 3.69. The topological polar surface area (TPSA) is 54.9 Å². The molecule has 20 heavy (non-hydrogen) atoms. The van der Waals surface area contributed by atoms with E-state index < -0.39 is 0 Å². The van der Waals surface area contributed by atoms with Gasteiger partial charge in [-0.3, -0.25) is 9.78 Å². The molecule has 0 radical (unpaired) electrons. The second kappa shape index (κ2) is 5.63. The number of carbonyl (C=O) groups excluding carboxylic acids is 1.